The molecule has 58 heavy (non-hydrogen) atoms. The van der Waals surface area contributed by atoms with Crippen LogP contribution in [0.2, 0.25) is 0 Å². The lowest BCUT2D eigenvalue weighted by Crippen LogP contribution is -2.59. The van der Waals surface area contributed by atoms with Gasteiger partial charge in [-0.25, -0.2) is 4.79 Å². The number of likely N-dealkylation sites (tertiary alicyclic amines) is 2. The van der Waals surface area contributed by atoms with Crippen LogP contribution in [0.15, 0.2) is 4.99 Å². The first-order valence-corrected chi connectivity index (χ1v) is 22.3. The Balaban J connectivity index is 2.30. The van der Waals surface area contributed by atoms with Crippen molar-refractivity contribution >= 4 is 76.8 Å². The van der Waals surface area contributed by atoms with Gasteiger partial charge in [-0.2, -0.15) is 23.5 Å². The first-order valence-electron chi connectivity index (χ1n) is 19.5. The number of carbonyl (C=O) groups excluding carboxylic acids is 7. The molecule has 7 unspecified atom stereocenters. The molecular formula is C36H63N11O9S2. The molecule has 22 heteroatoms. The van der Waals surface area contributed by atoms with Crippen molar-refractivity contribution < 1.29 is 43.5 Å². The molecule has 0 aromatic heterocycles. The molecule has 0 aromatic rings. The second-order valence-corrected chi connectivity index (χ2v) is 16.9. The van der Waals surface area contributed by atoms with Crippen LogP contribution in [0, 0.1) is 5.92 Å². The van der Waals surface area contributed by atoms with Crippen molar-refractivity contribution in [2.45, 2.75) is 120 Å². The number of carboxylic acid groups (broad SMARTS) is 1. The molecular weight excluding hydrogens is 795 g/mol. The Morgan fingerprint density at radius 3 is 1.67 bits per heavy atom. The van der Waals surface area contributed by atoms with E-state index in [4.69, 9.17) is 22.9 Å². The van der Waals surface area contributed by atoms with Gasteiger partial charge in [0.2, 0.25) is 41.4 Å². The van der Waals surface area contributed by atoms with Crippen LogP contribution < -0.4 is 44.2 Å². The highest BCUT2D eigenvalue weighted by Crippen LogP contribution is 2.22. The maximum absolute atomic E-state index is 14.2. The number of guanidine groups is 1. The number of aliphatic imine (C=N–C) groups is 1. The average Bonchev–Trinajstić information content (AvgIpc) is 3.85. The molecule has 20 nitrogen and oxygen atoms in total. The zero-order valence-electron chi connectivity index (χ0n) is 33.9. The molecule has 0 spiro atoms. The van der Waals surface area contributed by atoms with E-state index in [1.807, 2.05) is 26.4 Å². The Kier molecular flexibility index (Phi) is 21.7. The number of aliphatic carboxylic acids is 1. The van der Waals surface area contributed by atoms with E-state index in [1.165, 1.54) is 33.3 Å². The molecule has 0 bridgehead atoms. The molecule has 7 atom stereocenters. The molecule has 2 heterocycles. The van der Waals surface area contributed by atoms with Crippen LogP contribution in [0.3, 0.4) is 0 Å². The average molecular weight is 858 g/mol. The summed E-state index contributed by atoms with van der Waals surface area (Å²) < 4.78 is 0. The van der Waals surface area contributed by atoms with Crippen molar-refractivity contribution in [1.29, 1.82) is 0 Å². The van der Waals surface area contributed by atoms with E-state index in [2.05, 4.69) is 26.3 Å². The SMILES string of the molecule is CSCCC(NC(=O)C(CCSC)NC(=O)C1CCCN1C(=O)C(N)CC(N)=O)C(=O)NC(CCCN=C(N)N)C(=O)N1CCCC1C(=O)NC(CC(C)C)C(=O)O. The third kappa shape index (κ3) is 16.1. The first-order chi connectivity index (χ1) is 27.4. The number of carbonyl (C=O) groups is 8. The van der Waals surface area contributed by atoms with Gasteiger partial charge in [-0.05, 0) is 87.7 Å². The maximum atomic E-state index is 14.2. The maximum Gasteiger partial charge on any atom is 0.326 e. The zero-order valence-corrected chi connectivity index (χ0v) is 35.5. The van der Waals surface area contributed by atoms with E-state index < -0.39 is 89.6 Å². The van der Waals surface area contributed by atoms with Crippen LogP contribution in [-0.4, -0.2) is 154 Å². The van der Waals surface area contributed by atoms with Gasteiger partial charge in [-0.3, -0.25) is 38.6 Å². The number of carboxylic acids is 1. The van der Waals surface area contributed by atoms with E-state index >= 15 is 0 Å². The molecule has 7 amide bonds. The third-order valence-corrected chi connectivity index (χ3v) is 11.1. The lowest BCUT2D eigenvalue weighted by Gasteiger charge is -2.31. The van der Waals surface area contributed by atoms with Gasteiger partial charge in [0.1, 0.15) is 36.3 Å². The molecule has 0 radical (unpaired) electrons. The summed E-state index contributed by atoms with van der Waals surface area (Å²) >= 11 is 2.87. The normalized spacial score (nSPS) is 19.0. The minimum atomic E-state index is -1.22. The Bertz CT molecular complexity index is 1480. The van der Waals surface area contributed by atoms with Crippen molar-refractivity contribution in [1.82, 2.24) is 31.1 Å². The van der Waals surface area contributed by atoms with Gasteiger partial charge in [0, 0.05) is 19.6 Å². The number of nitrogens with two attached hydrogens (primary N) is 4. The Morgan fingerprint density at radius 2 is 1.21 bits per heavy atom. The van der Waals surface area contributed by atoms with Gasteiger partial charge >= 0.3 is 5.97 Å². The summed E-state index contributed by atoms with van der Waals surface area (Å²) in [6.45, 7) is 4.24. The molecule has 2 saturated heterocycles. The number of hydrogen-bond donors (Lipinski definition) is 9. The van der Waals surface area contributed by atoms with Gasteiger partial charge in [0.25, 0.3) is 0 Å². The molecule has 0 aromatic carbocycles. The summed E-state index contributed by atoms with van der Waals surface area (Å²) in [4.78, 5) is 112. The fourth-order valence-corrected chi connectivity index (χ4v) is 7.81. The van der Waals surface area contributed by atoms with Gasteiger partial charge in [-0.15, -0.1) is 0 Å². The summed E-state index contributed by atoms with van der Waals surface area (Å²) in [5, 5.41) is 20.6. The van der Waals surface area contributed by atoms with Crippen LogP contribution in [0.5, 0.6) is 0 Å². The molecule has 13 N–H and O–H groups in total. The molecule has 2 fully saturated rings. The van der Waals surface area contributed by atoms with Gasteiger partial charge < -0.3 is 59.1 Å². The standard InChI is InChI=1S/C36H63N11O9S2/c1-20(2)18-25(35(55)56)45-32(52)27-10-7-15-47(27)34(54)24(8-5-13-41-36(39)40)44-30(50)22(11-16-57-3)42-29(49)23(12-17-58-4)43-31(51)26-9-6-14-46(26)33(53)21(37)19-28(38)48/h20-27H,5-19,37H2,1-4H3,(H2,38,48)(H,42,49)(H,43,51)(H,44,50)(H,45,52)(H,55,56)(H4,39,40,41). The molecule has 328 valence electrons. The van der Waals surface area contributed by atoms with Crippen LogP contribution in [-0.2, 0) is 38.4 Å². The molecule has 2 aliphatic heterocycles. The van der Waals surface area contributed by atoms with E-state index in [0.717, 1.165) is 0 Å². The van der Waals surface area contributed by atoms with Crippen molar-refractivity contribution in [2.24, 2.45) is 33.8 Å². The van der Waals surface area contributed by atoms with Crippen molar-refractivity contribution in [3.05, 3.63) is 0 Å². The molecule has 0 saturated carbocycles. The lowest BCUT2D eigenvalue weighted by atomic mass is 10.0. The summed E-state index contributed by atoms with van der Waals surface area (Å²) in [7, 11) is 0. The number of nitrogens with one attached hydrogen (secondary N) is 4. The number of nitrogens with zero attached hydrogens (tertiary/aromatic N) is 3. The van der Waals surface area contributed by atoms with E-state index in [9.17, 15) is 43.5 Å². The minimum absolute atomic E-state index is 0.0162. The summed E-state index contributed by atoms with van der Waals surface area (Å²) in [6.07, 6.45) is 5.76. The second kappa shape index (κ2) is 25.2. The number of rotatable bonds is 25. The van der Waals surface area contributed by atoms with Crippen LogP contribution in [0.1, 0.15) is 78.1 Å². The highest BCUT2D eigenvalue weighted by molar-refractivity contribution is 7.98. The van der Waals surface area contributed by atoms with Crippen LogP contribution >= 0.6 is 23.5 Å². The smallest absolute Gasteiger partial charge is 0.326 e. The predicted octanol–water partition coefficient (Wildman–Crippen LogP) is -2.20. The second-order valence-electron chi connectivity index (χ2n) is 14.9. The Labute approximate surface area is 348 Å². The Morgan fingerprint density at radius 1 is 0.724 bits per heavy atom. The number of thioether (sulfide) groups is 2. The number of primary amides is 1. The number of hydrogen-bond acceptors (Lipinski definition) is 12. The zero-order chi connectivity index (χ0) is 43.5. The highest BCUT2D eigenvalue weighted by Gasteiger charge is 2.41. The summed E-state index contributed by atoms with van der Waals surface area (Å²) in [5.41, 5.74) is 22.1. The largest absolute Gasteiger partial charge is 0.480 e. The first kappa shape index (κ1) is 49.8. The Hall–Kier alpha value is -4.31. The van der Waals surface area contributed by atoms with Gasteiger partial charge in [0.15, 0.2) is 5.96 Å². The lowest BCUT2D eigenvalue weighted by molar-refractivity contribution is -0.145. The van der Waals surface area contributed by atoms with Gasteiger partial charge in [0.05, 0.1) is 12.5 Å². The molecule has 2 aliphatic rings. The highest BCUT2D eigenvalue weighted by atomic mass is 32.2. The van der Waals surface area contributed by atoms with Crippen molar-refractivity contribution in [3.8, 4) is 0 Å². The topological polar surface area (TPSA) is 328 Å². The van der Waals surface area contributed by atoms with E-state index in [1.54, 1.807) is 0 Å². The fourth-order valence-electron chi connectivity index (χ4n) is 6.87. The predicted molar refractivity (Wildman–Crippen MR) is 222 cm³/mol. The van der Waals surface area contributed by atoms with Crippen molar-refractivity contribution in [3.63, 3.8) is 0 Å². The minimum Gasteiger partial charge on any atom is -0.480 e. The van der Waals surface area contributed by atoms with Crippen LogP contribution in [0.25, 0.3) is 0 Å². The van der Waals surface area contributed by atoms with Crippen LogP contribution in [0.4, 0.5) is 0 Å². The van der Waals surface area contributed by atoms with E-state index in [0.29, 0.717) is 37.2 Å². The molecule has 0 aliphatic carbocycles. The fraction of sp³-hybridized carbons (Fsp3) is 0.750. The van der Waals surface area contributed by atoms with Gasteiger partial charge in [-0.1, -0.05) is 13.8 Å². The monoisotopic (exact) mass is 857 g/mol. The summed E-state index contributed by atoms with van der Waals surface area (Å²) in [5.74, 6) is -4.86. The van der Waals surface area contributed by atoms with Crippen molar-refractivity contribution in [2.75, 3.05) is 43.7 Å². The number of amides is 7. The third-order valence-electron chi connectivity index (χ3n) is 9.78. The van der Waals surface area contributed by atoms with E-state index in [-0.39, 0.29) is 70.0 Å². The quantitative estimate of drug-likeness (QED) is 0.0268. The summed E-state index contributed by atoms with van der Waals surface area (Å²) in [6, 6.07) is -7.64. The molecule has 2 rings (SSSR count).